The zero-order valence-corrected chi connectivity index (χ0v) is 14.3. The third-order valence-corrected chi connectivity index (χ3v) is 4.41. The highest BCUT2D eigenvalue weighted by Crippen LogP contribution is 2.20. The summed E-state index contributed by atoms with van der Waals surface area (Å²) in [7, 11) is 0. The van der Waals surface area contributed by atoms with E-state index in [4.69, 9.17) is 0 Å². The summed E-state index contributed by atoms with van der Waals surface area (Å²) >= 11 is 0. The number of amides is 1. The minimum Gasteiger partial charge on any atom is -0.349 e. The average molecular weight is 360 g/mol. The van der Waals surface area contributed by atoms with Gasteiger partial charge in [0.1, 0.15) is 5.82 Å². The van der Waals surface area contributed by atoms with E-state index in [2.05, 4.69) is 15.3 Å². The molecule has 0 unspecified atom stereocenters. The number of imidazole rings is 1. The molecule has 1 heterocycles. The van der Waals surface area contributed by atoms with Gasteiger partial charge in [0.2, 0.25) is 5.91 Å². The second-order valence-electron chi connectivity index (χ2n) is 6.23. The highest BCUT2D eigenvalue weighted by molar-refractivity contribution is 5.90. The Kier molecular flexibility index (Phi) is 4.25. The Bertz CT molecular complexity index is 1160. The lowest BCUT2D eigenvalue weighted by Crippen LogP contribution is -2.25. The quantitative estimate of drug-likeness (QED) is 0.420. The molecule has 3 aromatic carbocycles. The summed E-state index contributed by atoms with van der Waals surface area (Å²) in [4.78, 5) is 30.1. The maximum atomic E-state index is 12.3. The molecule has 27 heavy (non-hydrogen) atoms. The van der Waals surface area contributed by atoms with Gasteiger partial charge in [0.15, 0.2) is 0 Å². The van der Waals surface area contributed by atoms with Crippen LogP contribution in [0.15, 0.2) is 60.7 Å². The van der Waals surface area contributed by atoms with Crippen molar-refractivity contribution in [1.82, 2.24) is 15.3 Å². The number of aromatic nitrogens is 2. The summed E-state index contributed by atoms with van der Waals surface area (Å²) in [6.45, 7) is 0.228. The molecule has 0 saturated carbocycles. The van der Waals surface area contributed by atoms with Gasteiger partial charge >= 0.3 is 0 Å². The van der Waals surface area contributed by atoms with Crippen molar-refractivity contribution in [2.24, 2.45) is 0 Å². The second kappa shape index (κ2) is 6.87. The van der Waals surface area contributed by atoms with E-state index in [9.17, 15) is 14.9 Å². The van der Waals surface area contributed by atoms with Gasteiger partial charge in [-0.1, -0.05) is 42.5 Å². The number of benzene rings is 3. The lowest BCUT2D eigenvalue weighted by Gasteiger charge is -2.07. The molecule has 7 heteroatoms. The van der Waals surface area contributed by atoms with Crippen molar-refractivity contribution in [3.05, 3.63) is 82.2 Å². The van der Waals surface area contributed by atoms with Crippen LogP contribution in [0.4, 0.5) is 5.69 Å². The number of nitro benzene ring substituents is 1. The van der Waals surface area contributed by atoms with Crippen molar-refractivity contribution in [2.75, 3.05) is 0 Å². The van der Waals surface area contributed by atoms with Gasteiger partial charge in [-0.3, -0.25) is 14.9 Å². The normalized spacial score (nSPS) is 11.0. The summed E-state index contributed by atoms with van der Waals surface area (Å²) < 4.78 is 0. The van der Waals surface area contributed by atoms with Crippen LogP contribution in [-0.2, 0) is 17.8 Å². The fourth-order valence-corrected chi connectivity index (χ4v) is 3.11. The van der Waals surface area contributed by atoms with Gasteiger partial charge in [-0.05, 0) is 22.4 Å². The van der Waals surface area contributed by atoms with Crippen LogP contribution in [0.1, 0.15) is 11.4 Å². The first kappa shape index (κ1) is 16.7. The van der Waals surface area contributed by atoms with Crippen LogP contribution in [0.5, 0.6) is 0 Å². The van der Waals surface area contributed by atoms with Crippen molar-refractivity contribution < 1.29 is 9.72 Å². The molecule has 0 aliphatic heterocycles. The molecule has 4 rings (SSSR count). The number of nitro groups is 1. The fraction of sp³-hybridized carbons (Fsp3) is 0.100. The summed E-state index contributed by atoms with van der Waals surface area (Å²) in [5.41, 5.74) is 2.16. The number of rotatable bonds is 5. The van der Waals surface area contributed by atoms with Crippen molar-refractivity contribution in [1.29, 1.82) is 0 Å². The molecule has 0 spiro atoms. The van der Waals surface area contributed by atoms with Crippen LogP contribution in [0.25, 0.3) is 21.8 Å². The molecular formula is C20H16N4O3. The Morgan fingerprint density at radius 2 is 1.93 bits per heavy atom. The number of H-pyrrole nitrogens is 1. The molecule has 1 amide bonds. The molecule has 0 aliphatic rings. The molecule has 0 fully saturated rings. The molecule has 0 saturated heterocycles. The number of nitrogens with zero attached hydrogens (tertiary/aromatic N) is 2. The summed E-state index contributed by atoms with van der Waals surface area (Å²) in [6.07, 6.45) is 0.271. The van der Waals surface area contributed by atoms with Crippen LogP contribution in [-0.4, -0.2) is 20.8 Å². The van der Waals surface area contributed by atoms with Crippen molar-refractivity contribution >= 4 is 33.4 Å². The van der Waals surface area contributed by atoms with Crippen molar-refractivity contribution in [3.8, 4) is 0 Å². The van der Waals surface area contributed by atoms with E-state index < -0.39 is 4.92 Å². The predicted molar refractivity (Wildman–Crippen MR) is 102 cm³/mol. The summed E-state index contributed by atoms with van der Waals surface area (Å²) in [5.74, 6) is 0.439. The van der Waals surface area contributed by atoms with Gasteiger partial charge in [-0.2, -0.15) is 0 Å². The average Bonchev–Trinajstić information content (AvgIpc) is 3.09. The van der Waals surface area contributed by atoms with E-state index in [1.54, 1.807) is 6.07 Å². The van der Waals surface area contributed by atoms with Crippen LogP contribution >= 0.6 is 0 Å². The van der Waals surface area contributed by atoms with Crippen LogP contribution in [0.2, 0.25) is 0 Å². The van der Waals surface area contributed by atoms with Gasteiger partial charge in [-0.25, -0.2) is 4.98 Å². The van der Waals surface area contributed by atoms with E-state index in [0.717, 1.165) is 16.3 Å². The van der Waals surface area contributed by atoms with E-state index in [-0.39, 0.29) is 24.6 Å². The number of nitrogens with one attached hydrogen (secondary N) is 2. The third-order valence-electron chi connectivity index (χ3n) is 4.41. The number of carbonyl (C=O) groups is 1. The topological polar surface area (TPSA) is 101 Å². The number of aromatic amines is 1. The third kappa shape index (κ3) is 3.48. The molecule has 134 valence electrons. The molecule has 0 bridgehead atoms. The van der Waals surface area contributed by atoms with Gasteiger partial charge in [0, 0.05) is 12.1 Å². The van der Waals surface area contributed by atoms with Gasteiger partial charge in [0.05, 0.1) is 28.9 Å². The molecule has 2 N–H and O–H groups in total. The van der Waals surface area contributed by atoms with Crippen molar-refractivity contribution in [3.63, 3.8) is 0 Å². The first-order valence-electron chi connectivity index (χ1n) is 8.46. The Labute approximate surface area is 154 Å². The minimum absolute atomic E-state index is 0.00214. The van der Waals surface area contributed by atoms with Gasteiger partial charge in [0.25, 0.3) is 5.69 Å². The molecule has 0 atom stereocenters. The smallest absolute Gasteiger partial charge is 0.271 e. The largest absolute Gasteiger partial charge is 0.349 e. The maximum Gasteiger partial charge on any atom is 0.271 e. The number of hydrogen-bond donors (Lipinski definition) is 2. The lowest BCUT2D eigenvalue weighted by molar-refractivity contribution is -0.384. The highest BCUT2D eigenvalue weighted by Gasteiger charge is 2.11. The van der Waals surface area contributed by atoms with Crippen LogP contribution in [0, 0.1) is 10.1 Å². The molecule has 1 aromatic heterocycles. The molecule has 4 aromatic rings. The molecule has 0 aliphatic carbocycles. The standard InChI is InChI=1S/C20H16N4O3/c25-20(10-14-6-3-5-13-4-1-2-7-16(13)14)21-12-19-22-17-9-8-15(24(26)27)11-18(17)23-19/h1-9,11H,10,12H2,(H,21,25)(H,22,23). The Hall–Kier alpha value is -3.74. The number of hydrogen-bond acceptors (Lipinski definition) is 4. The van der Waals surface area contributed by atoms with E-state index in [1.165, 1.54) is 12.1 Å². The van der Waals surface area contributed by atoms with E-state index >= 15 is 0 Å². The zero-order chi connectivity index (χ0) is 18.8. The zero-order valence-electron chi connectivity index (χ0n) is 14.3. The van der Waals surface area contributed by atoms with Crippen LogP contribution in [0.3, 0.4) is 0 Å². The first-order chi connectivity index (χ1) is 13.1. The SMILES string of the molecule is O=C(Cc1cccc2ccccc12)NCc1nc2ccc([N+](=O)[O-])cc2[nH]1. The number of non-ortho nitro benzene ring substituents is 1. The van der Waals surface area contributed by atoms with Gasteiger partial charge < -0.3 is 10.3 Å². The molecule has 0 radical (unpaired) electrons. The Balaban J connectivity index is 1.46. The number of fused-ring (bicyclic) bond motifs is 2. The minimum atomic E-state index is -0.452. The first-order valence-corrected chi connectivity index (χ1v) is 8.46. The van der Waals surface area contributed by atoms with E-state index in [0.29, 0.717) is 16.9 Å². The Morgan fingerprint density at radius 1 is 1.11 bits per heavy atom. The Morgan fingerprint density at radius 3 is 2.78 bits per heavy atom. The van der Waals surface area contributed by atoms with Crippen LogP contribution < -0.4 is 5.32 Å². The summed E-state index contributed by atoms with van der Waals surface area (Å²) in [5, 5.41) is 15.9. The predicted octanol–water partition coefficient (Wildman–Crippen LogP) is 3.48. The highest BCUT2D eigenvalue weighted by atomic mass is 16.6. The van der Waals surface area contributed by atoms with Gasteiger partial charge in [-0.15, -0.1) is 0 Å². The van der Waals surface area contributed by atoms with Crippen molar-refractivity contribution in [2.45, 2.75) is 13.0 Å². The lowest BCUT2D eigenvalue weighted by atomic mass is 10.0. The van der Waals surface area contributed by atoms with E-state index in [1.807, 2.05) is 42.5 Å². The fourth-order valence-electron chi connectivity index (χ4n) is 3.11. The monoisotopic (exact) mass is 360 g/mol. The molecule has 7 nitrogen and oxygen atoms in total. The number of carbonyl (C=O) groups excluding carboxylic acids is 1. The maximum absolute atomic E-state index is 12.3. The summed E-state index contributed by atoms with van der Waals surface area (Å²) in [6, 6.07) is 18.3. The second-order valence-corrected chi connectivity index (χ2v) is 6.23. The molecular weight excluding hydrogens is 344 g/mol.